The van der Waals surface area contributed by atoms with Crippen LogP contribution >= 0.6 is 0 Å². The van der Waals surface area contributed by atoms with E-state index in [4.69, 9.17) is 5.73 Å². The molecule has 0 bridgehead atoms. The summed E-state index contributed by atoms with van der Waals surface area (Å²) in [7, 11) is 0. The maximum atomic E-state index is 12.6. The van der Waals surface area contributed by atoms with Gasteiger partial charge in [-0.1, -0.05) is 6.07 Å². The number of hydrogen-bond donors (Lipinski definition) is 3. The molecule has 3 heterocycles. The number of amides is 2. The van der Waals surface area contributed by atoms with Gasteiger partial charge in [-0.2, -0.15) is 0 Å². The summed E-state index contributed by atoms with van der Waals surface area (Å²) in [6, 6.07) is 5.12. The van der Waals surface area contributed by atoms with E-state index in [0.717, 1.165) is 12.8 Å². The number of carbonyl (C=O) groups is 2. The Morgan fingerprint density at radius 3 is 2.95 bits per heavy atom. The van der Waals surface area contributed by atoms with Crippen LogP contribution in [0, 0.1) is 5.92 Å². The maximum Gasteiger partial charge on any atom is 0.272 e. The monoisotopic (exact) mass is 289 g/mol. The van der Waals surface area contributed by atoms with Gasteiger partial charge in [-0.3, -0.25) is 25.4 Å². The summed E-state index contributed by atoms with van der Waals surface area (Å²) in [5.41, 5.74) is 12.0. The molecule has 2 saturated heterocycles. The van der Waals surface area contributed by atoms with Crippen LogP contribution in [0.25, 0.3) is 0 Å². The van der Waals surface area contributed by atoms with Crippen molar-refractivity contribution < 1.29 is 9.59 Å². The van der Waals surface area contributed by atoms with Crippen molar-refractivity contribution >= 4 is 11.8 Å². The lowest BCUT2D eigenvalue weighted by atomic mass is 9.93. The van der Waals surface area contributed by atoms with E-state index >= 15 is 0 Å². The molecular formula is C14H19N5O2. The van der Waals surface area contributed by atoms with Crippen molar-refractivity contribution in [2.75, 3.05) is 13.1 Å². The van der Waals surface area contributed by atoms with Crippen LogP contribution in [0.4, 0.5) is 0 Å². The van der Waals surface area contributed by atoms with E-state index in [1.54, 1.807) is 24.4 Å². The molecule has 0 aromatic carbocycles. The topological polar surface area (TPSA) is 100 Å². The summed E-state index contributed by atoms with van der Waals surface area (Å²) in [6.45, 7) is 1.19. The van der Waals surface area contributed by atoms with Crippen molar-refractivity contribution in [3.8, 4) is 0 Å². The fraction of sp³-hybridized carbons (Fsp3) is 0.500. The molecule has 2 amide bonds. The number of aromatic nitrogens is 1. The third kappa shape index (κ3) is 2.62. The van der Waals surface area contributed by atoms with Crippen LogP contribution in [0.3, 0.4) is 0 Å². The van der Waals surface area contributed by atoms with Gasteiger partial charge in [0.25, 0.3) is 5.91 Å². The number of rotatable bonds is 3. The molecule has 7 nitrogen and oxygen atoms in total. The number of pyridine rings is 1. The Hall–Kier alpha value is -1.99. The van der Waals surface area contributed by atoms with Gasteiger partial charge in [0.15, 0.2) is 0 Å². The van der Waals surface area contributed by atoms with Crippen LogP contribution in [-0.4, -0.2) is 46.9 Å². The highest BCUT2D eigenvalue weighted by Gasteiger charge is 2.43. The summed E-state index contributed by atoms with van der Waals surface area (Å²) in [4.78, 5) is 30.1. The summed E-state index contributed by atoms with van der Waals surface area (Å²) < 4.78 is 0. The van der Waals surface area contributed by atoms with Crippen LogP contribution < -0.4 is 16.6 Å². The van der Waals surface area contributed by atoms with Crippen molar-refractivity contribution in [2.24, 2.45) is 11.7 Å². The van der Waals surface area contributed by atoms with E-state index in [9.17, 15) is 9.59 Å². The molecule has 2 aliphatic rings. The van der Waals surface area contributed by atoms with Gasteiger partial charge in [-0.05, 0) is 25.0 Å². The van der Waals surface area contributed by atoms with Crippen molar-refractivity contribution in [3.63, 3.8) is 0 Å². The first-order valence-electron chi connectivity index (χ1n) is 7.18. The summed E-state index contributed by atoms with van der Waals surface area (Å²) in [5.74, 6) is -0.725. The SMILES string of the molecule is NC(=O)C1CNNC1C1CCCN1C(=O)c1ccccn1. The van der Waals surface area contributed by atoms with Crippen molar-refractivity contribution in [1.82, 2.24) is 20.7 Å². The predicted octanol–water partition coefficient (Wildman–Crippen LogP) is -0.736. The van der Waals surface area contributed by atoms with Gasteiger partial charge in [0.2, 0.25) is 5.91 Å². The van der Waals surface area contributed by atoms with Crippen LogP contribution in [0.15, 0.2) is 24.4 Å². The fourth-order valence-corrected chi connectivity index (χ4v) is 3.21. The van der Waals surface area contributed by atoms with Gasteiger partial charge in [0.05, 0.1) is 12.0 Å². The summed E-state index contributed by atoms with van der Waals surface area (Å²) in [6.07, 6.45) is 3.40. The van der Waals surface area contributed by atoms with Gasteiger partial charge >= 0.3 is 0 Å². The number of nitrogens with zero attached hydrogens (tertiary/aromatic N) is 2. The quantitative estimate of drug-likeness (QED) is 0.681. The smallest absolute Gasteiger partial charge is 0.272 e. The molecule has 2 aliphatic heterocycles. The average Bonchev–Trinajstić information content (AvgIpc) is 3.15. The van der Waals surface area contributed by atoms with E-state index in [0.29, 0.717) is 18.8 Å². The molecule has 7 heteroatoms. The summed E-state index contributed by atoms with van der Waals surface area (Å²) >= 11 is 0. The van der Waals surface area contributed by atoms with E-state index < -0.39 is 0 Å². The van der Waals surface area contributed by atoms with E-state index in [2.05, 4.69) is 15.8 Å². The minimum Gasteiger partial charge on any atom is -0.369 e. The second kappa shape index (κ2) is 5.79. The van der Waals surface area contributed by atoms with Crippen LogP contribution in [-0.2, 0) is 4.79 Å². The standard InChI is InChI=1S/C14H19N5O2/c15-13(20)9-8-17-18-12(9)11-5-3-7-19(11)14(21)10-4-1-2-6-16-10/h1-2,4,6,9,11-12,17-18H,3,5,7-8H2,(H2,15,20). The number of nitrogens with one attached hydrogen (secondary N) is 2. The zero-order valence-electron chi connectivity index (χ0n) is 11.7. The van der Waals surface area contributed by atoms with Gasteiger partial charge in [-0.25, -0.2) is 0 Å². The molecule has 2 fully saturated rings. The van der Waals surface area contributed by atoms with E-state index in [1.165, 1.54) is 0 Å². The lowest BCUT2D eigenvalue weighted by molar-refractivity contribution is -0.122. The lowest BCUT2D eigenvalue weighted by Gasteiger charge is -2.31. The molecule has 0 radical (unpaired) electrons. The normalized spacial score (nSPS) is 28.8. The maximum absolute atomic E-state index is 12.6. The average molecular weight is 289 g/mol. The Labute approximate surface area is 122 Å². The molecule has 3 atom stereocenters. The Bertz CT molecular complexity index is 535. The van der Waals surface area contributed by atoms with Gasteiger partial charge in [0, 0.05) is 25.3 Å². The molecule has 112 valence electrons. The highest BCUT2D eigenvalue weighted by atomic mass is 16.2. The van der Waals surface area contributed by atoms with Crippen molar-refractivity contribution in [3.05, 3.63) is 30.1 Å². The molecule has 0 aliphatic carbocycles. The Balaban J connectivity index is 1.79. The Morgan fingerprint density at radius 2 is 2.24 bits per heavy atom. The third-order valence-corrected chi connectivity index (χ3v) is 4.25. The largest absolute Gasteiger partial charge is 0.369 e. The number of hydrogen-bond acceptors (Lipinski definition) is 5. The molecule has 4 N–H and O–H groups in total. The zero-order valence-corrected chi connectivity index (χ0v) is 11.7. The van der Waals surface area contributed by atoms with Crippen molar-refractivity contribution in [2.45, 2.75) is 24.9 Å². The van der Waals surface area contributed by atoms with Gasteiger partial charge in [0.1, 0.15) is 5.69 Å². The highest BCUT2D eigenvalue weighted by molar-refractivity contribution is 5.92. The molecular weight excluding hydrogens is 270 g/mol. The summed E-state index contributed by atoms with van der Waals surface area (Å²) in [5, 5.41) is 0. The predicted molar refractivity (Wildman–Crippen MR) is 75.9 cm³/mol. The zero-order chi connectivity index (χ0) is 14.8. The van der Waals surface area contributed by atoms with Gasteiger partial charge in [-0.15, -0.1) is 0 Å². The molecule has 0 saturated carbocycles. The molecule has 0 spiro atoms. The fourth-order valence-electron chi connectivity index (χ4n) is 3.21. The van der Waals surface area contributed by atoms with Crippen LogP contribution in [0.2, 0.25) is 0 Å². The first-order valence-corrected chi connectivity index (χ1v) is 7.18. The third-order valence-electron chi connectivity index (χ3n) is 4.25. The Morgan fingerprint density at radius 1 is 1.38 bits per heavy atom. The number of nitrogens with two attached hydrogens (primary N) is 1. The number of likely N-dealkylation sites (tertiary alicyclic amines) is 1. The number of primary amides is 1. The van der Waals surface area contributed by atoms with Crippen LogP contribution in [0.1, 0.15) is 23.3 Å². The minimum absolute atomic E-state index is 0.0352. The van der Waals surface area contributed by atoms with Crippen LogP contribution in [0.5, 0.6) is 0 Å². The molecule has 1 aromatic rings. The molecule has 1 aromatic heterocycles. The van der Waals surface area contributed by atoms with Gasteiger partial charge < -0.3 is 10.6 Å². The number of hydrazine groups is 1. The molecule has 3 rings (SSSR count). The Kier molecular flexibility index (Phi) is 3.85. The highest BCUT2D eigenvalue weighted by Crippen LogP contribution is 2.26. The lowest BCUT2D eigenvalue weighted by Crippen LogP contribution is -2.52. The molecule has 3 unspecified atom stereocenters. The minimum atomic E-state index is -0.338. The molecule has 21 heavy (non-hydrogen) atoms. The second-order valence-electron chi connectivity index (χ2n) is 5.48. The second-order valence-corrected chi connectivity index (χ2v) is 5.48. The first-order chi connectivity index (χ1) is 10.2. The van der Waals surface area contributed by atoms with E-state index in [-0.39, 0.29) is 29.8 Å². The first kappa shape index (κ1) is 14.0. The van der Waals surface area contributed by atoms with Crippen molar-refractivity contribution in [1.29, 1.82) is 0 Å². The van der Waals surface area contributed by atoms with E-state index in [1.807, 2.05) is 4.90 Å². The number of carbonyl (C=O) groups excluding carboxylic acids is 2.